The van der Waals surface area contributed by atoms with E-state index in [1.165, 1.54) is 0 Å². The van der Waals surface area contributed by atoms with E-state index in [1.54, 1.807) is 12.3 Å². The Labute approximate surface area is 125 Å². The number of pyridine rings is 1. The van der Waals surface area contributed by atoms with Crippen molar-refractivity contribution in [2.45, 2.75) is 6.04 Å². The van der Waals surface area contributed by atoms with Crippen molar-refractivity contribution in [1.29, 1.82) is 0 Å². The van der Waals surface area contributed by atoms with Gasteiger partial charge in [-0.3, -0.25) is 14.7 Å². The molecule has 0 aliphatic carbocycles. The zero-order valence-electron chi connectivity index (χ0n) is 11.4. The van der Waals surface area contributed by atoms with Crippen molar-refractivity contribution >= 4 is 18.3 Å². The number of hydrogen-bond donors (Lipinski definition) is 2. The van der Waals surface area contributed by atoms with E-state index in [1.807, 2.05) is 12.3 Å². The molecule has 1 saturated heterocycles. The summed E-state index contributed by atoms with van der Waals surface area (Å²) in [4.78, 5) is 18.2. The van der Waals surface area contributed by atoms with Crippen molar-refractivity contribution in [3.05, 3.63) is 42.7 Å². The fourth-order valence-corrected chi connectivity index (χ4v) is 2.26. The van der Waals surface area contributed by atoms with E-state index in [9.17, 15) is 4.79 Å². The van der Waals surface area contributed by atoms with Crippen molar-refractivity contribution in [1.82, 2.24) is 20.5 Å². The van der Waals surface area contributed by atoms with Gasteiger partial charge in [0.1, 0.15) is 0 Å². The van der Waals surface area contributed by atoms with Crippen molar-refractivity contribution < 1.29 is 4.79 Å². The smallest absolute Gasteiger partial charge is 0.234 e. The van der Waals surface area contributed by atoms with E-state index >= 15 is 0 Å². The lowest BCUT2D eigenvalue weighted by atomic mass is 10.1. The SMILES string of the molecule is C=CCNC(=O)CN1CCNCC1c1cccnc1.Cl. The number of aromatic nitrogens is 1. The minimum atomic E-state index is 0. The van der Waals surface area contributed by atoms with Crippen LogP contribution in [0.2, 0.25) is 0 Å². The predicted molar refractivity (Wildman–Crippen MR) is 81.9 cm³/mol. The van der Waals surface area contributed by atoms with Crippen molar-refractivity contribution in [3.8, 4) is 0 Å². The van der Waals surface area contributed by atoms with Crippen LogP contribution in [0.15, 0.2) is 37.2 Å². The van der Waals surface area contributed by atoms with Crippen LogP contribution in [0.5, 0.6) is 0 Å². The summed E-state index contributed by atoms with van der Waals surface area (Å²) in [5, 5.41) is 6.18. The lowest BCUT2D eigenvalue weighted by molar-refractivity contribution is -0.122. The van der Waals surface area contributed by atoms with E-state index in [-0.39, 0.29) is 24.4 Å². The summed E-state index contributed by atoms with van der Waals surface area (Å²) in [5.74, 6) is 0.0377. The molecule has 1 aliphatic heterocycles. The molecule has 1 fully saturated rings. The Hall–Kier alpha value is -1.43. The minimum absolute atomic E-state index is 0. The van der Waals surface area contributed by atoms with Crippen LogP contribution in [0.25, 0.3) is 0 Å². The Bertz CT molecular complexity index is 426. The third-order valence-corrected chi connectivity index (χ3v) is 3.21. The zero-order chi connectivity index (χ0) is 13.5. The highest BCUT2D eigenvalue weighted by Gasteiger charge is 2.25. The third-order valence-electron chi connectivity index (χ3n) is 3.21. The molecule has 6 heteroatoms. The Morgan fingerprint density at radius 2 is 2.50 bits per heavy atom. The normalized spacial score (nSPS) is 18.9. The van der Waals surface area contributed by atoms with Gasteiger partial charge in [-0.1, -0.05) is 12.1 Å². The lowest BCUT2D eigenvalue weighted by Gasteiger charge is -2.35. The molecule has 0 bridgehead atoms. The Balaban J connectivity index is 0.00000200. The Kier molecular flexibility index (Phi) is 7.22. The zero-order valence-corrected chi connectivity index (χ0v) is 12.2. The van der Waals surface area contributed by atoms with Gasteiger partial charge in [-0.25, -0.2) is 0 Å². The van der Waals surface area contributed by atoms with Gasteiger partial charge in [0, 0.05) is 44.6 Å². The minimum Gasteiger partial charge on any atom is -0.352 e. The highest BCUT2D eigenvalue weighted by molar-refractivity contribution is 5.85. The molecule has 1 amide bonds. The van der Waals surface area contributed by atoms with E-state index in [4.69, 9.17) is 0 Å². The molecule has 1 aromatic rings. The number of amides is 1. The van der Waals surface area contributed by atoms with E-state index < -0.39 is 0 Å². The summed E-state index contributed by atoms with van der Waals surface area (Å²) < 4.78 is 0. The first kappa shape index (κ1) is 16.6. The molecular weight excluding hydrogens is 276 g/mol. The molecule has 5 nitrogen and oxygen atoms in total. The average Bonchev–Trinajstić information content (AvgIpc) is 2.46. The summed E-state index contributed by atoms with van der Waals surface area (Å²) in [5.41, 5.74) is 1.14. The molecule has 1 aromatic heterocycles. The maximum absolute atomic E-state index is 11.8. The average molecular weight is 297 g/mol. The van der Waals surface area contributed by atoms with Crippen LogP contribution in [0.4, 0.5) is 0 Å². The number of nitrogens with one attached hydrogen (secondary N) is 2. The van der Waals surface area contributed by atoms with Gasteiger partial charge in [-0.15, -0.1) is 19.0 Å². The molecule has 110 valence electrons. The lowest BCUT2D eigenvalue weighted by Crippen LogP contribution is -2.49. The molecule has 2 heterocycles. The van der Waals surface area contributed by atoms with E-state index in [0.29, 0.717) is 13.1 Å². The Morgan fingerprint density at radius 1 is 1.65 bits per heavy atom. The van der Waals surface area contributed by atoms with Crippen LogP contribution in [0, 0.1) is 0 Å². The van der Waals surface area contributed by atoms with E-state index in [2.05, 4.69) is 33.2 Å². The molecule has 1 atom stereocenters. The predicted octanol–water partition coefficient (Wildman–Crippen LogP) is 0.752. The number of piperazine rings is 1. The number of rotatable bonds is 5. The largest absolute Gasteiger partial charge is 0.352 e. The van der Waals surface area contributed by atoms with Gasteiger partial charge in [-0.2, -0.15) is 0 Å². The summed E-state index contributed by atoms with van der Waals surface area (Å²) in [6.07, 6.45) is 5.32. The molecular formula is C14H21ClN4O. The van der Waals surface area contributed by atoms with Gasteiger partial charge in [0.05, 0.1) is 6.54 Å². The first-order valence-electron chi connectivity index (χ1n) is 6.53. The summed E-state index contributed by atoms with van der Waals surface area (Å²) in [6.45, 7) is 7.14. The van der Waals surface area contributed by atoms with Crippen LogP contribution in [-0.4, -0.2) is 48.5 Å². The second-order valence-electron chi connectivity index (χ2n) is 4.57. The fourth-order valence-electron chi connectivity index (χ4n) is 2.26. The van der Waals surface area contributed by atoms with Crippen LogP contribution in [-0.2, 0) is 4.79 Å². The van der Waals surface area contributed by atoms with Gasteiger partial charge >= 0.3 is 0 Å². The first-order valence-corrected chi connectivity index (χ1v) is 6.53. The van der Waals surface area contributed by atoms with Gasteiger partial charge in [0.2, 0.25) is 5.91 Å². The van der Waals surface area contributed by atoms with Crippen molar-refractivity contribution in [2.75, 3.05) is 32.7 Å². The van der Waals surface area contributed by atoms with Crippen molar-refractivity contribution in [2.24, 2.45) is 0 Å². The van der Waals surface area contributed by atoms with Crippen LogP contribution < -0.4 is 10.6 Å². The van der Waals surface area contributed by atoms with Gasteiger partial charge in [0.15, 0.2) is 0 Å². The number of carbonyl (C=O) groups excluding carboxylic acids is 1. The highest BCUT2D eigenvalue weighted by Crippen LogP contribution is 2.20. The number of nitrogens with zero attached hydrogens (tertiary/aromatic N) is 2. The summed E-state index contributed by atoms with van der Waals surface area (Å²) in [7, 11) is 0. The van der Waals surface area contributed by atoms with Crippen molar-refractivity contribution in [3.63, 3.8) is 0 Å². The molecule has 0 spiro atoms. The number of carbonyl (C=O) groups is 1. The molecule has 1 aliphatic rings. The van der Waals surface area contributed by atoms with Gasteiger partial charge in [-0.05, 0) is 11.6 Å². The van der Waals surface area contributed by atoms with Gasteiger partial charge < -0.3 is 10.6 Å². The standard InChI is InChI=1S/C14H20N4O.ClH/c1-2-5-17-14(19)11-18-8-7-16-10-13(18)12-4-3-6-15-9-12;/h2-4,6,9,13,16H,1,5,7-8,10-11H2,(H,17,19);1H. The Morgan fingerprint density at radius 3 is 3.20 bits per heavy atom. The molecule has 0 radical (unpaired) electrons. The maximum atomic E-state index is 11.8. The molecule has 2 N–H and O–H groups in total. The third kappa shape index (κ3) is 4.59. The highest BCUT2D eigenvalue weighted by atomic mass is 35.5. The molecule has 1 unspecified atom stereocenters. The number of halogens is 1. The molecule has 0 aromatic carbocycles. The quantitative estimate of drug-likeness (QED) is 0.788. The van der Waals surface area contributed by atoms with Crippen LogP contribution in [0.1, 0.15) is 11.6 Å². The monoisotopic (exact) mass is 296 g/mol. The van der Waals surface area contributed by atoms with Gasteiger partial charge in [0.25, 0.3) is 0 Å². The van der Waals surface area contributed by atoms with E-state index in [0.717, 1.165) is 25.2 Å². The maximum Gasteiger partial charge on any atom is 0.234 e. The second kappa shape index (κ2) is 8.68. The molecule has 0 saturated carbocycles. The number of hydrogen-bond acceptors (Lipinski definition) is 4. The summed E-state index contributed by atoms with van der Waals surface area (Å²) >= 11 is 0. The molecule has 20 heavy (non-hydrogen) atoms. The molecule has 2 rings (SSSR count). The first-order chi connectivity index (χ1) is 9.31. The topological polar surface area (TPSA) is 57.3 Å². The second-order valence-corrected chi connectivity index (χ2v) is 4.57. The fraction of sp³-hybridized carbons (Fsp3) is 0.429. The summed E-state index contributed by atoms with van der Waals surface area (Å²) in [6, 6.07) is 4.19. The van der Waals surface area contributed by atoms with Crippen LogP contribution >= 0.6 is 12.4 Å². The van der Waals surface area contributed by atoms with Crippen LogP contribution in [0.3, 0.4) is 0 Å².